The molecule has 118 valence electrons. The van der Waals surface area contributed by atoms with Gasteiger partial charge in [0.1, 0.15) is 0 Å². The van der Waals surface area contributed by atoms with Gasteiger partial charge in [0.25, 0.3) is 0 Å². The molecule has 0 heterocycles. The second kappa shape index (κ2) is 9.45. The van der Waals surface area contributed by atoms with Crippen LogP contribution >= 0.6 is 12.2 Å². The summed E-state index contributed by atoms with van der Waals surface area (Å²) >= 11 is 5.16. The van der Waals surface area contributed by atoms with Crippen LogP contribution in [0.1, 0.15) is 52.9 Å². The number of carbonyl (C=O) groups excluding carboxylic acids is 1. The molecule has 0 aromatic rings. The molecule has 0 aromatic heterocycles. The van der Waals surface area contributed by atoms with Crippen LogP contribution in [0.3, 0.4) is 0 Å². The summed E-state index contributed by atoms with van der Waals surface area (Å²) in [6.45, 7) is 5.98. The summed E-state index contributed by atoms with van der Waals surface area (Å²) in [5.74, 6) is 0.506. The Hall–Kier alpha value is -0.490. The van der Waals surface area contributed by atoms with Crippen molar-refractivity contribution >= 4 is 33.9 Å². The van der Waals surface area contributed by atoms with E-state index >= 15 is 0 Å². The summed E-state index contributed by atoms with van der Waals surface area (Å²) in [5, 5.41) is 2.99. The zero-order chi connectivity index (χ0) is 15.8. The Morgan fingerprint density at radius 3 is 2.20 bits per heavy atom. The van der Waals surface area contributed by atoms with Crippen molar-refractivity contribution < 1.29 is 9.00 Å². The highest BCUT2D eigenvalue weighted by molar-refractivity contribution is 7.84. The fraction of sp³-hybridized carbons (Fsp3) is 0.857. The zero-order valence-electron chi connectivity index (χ0n) is 13.0. The van der Waals surface area contributed by atoms with Crippen LogP contribution in [0, 0.1) is 5.41 Å². The van der Waals surface area contributed by atoms with E-state index in [9.17, 15) is 9.00 Å². The molecule has 0 aliphatic heterocycles. The van der Waals surface area contributed by atoms with Crippen LogP contribution in [0.2, 0.25) is 0 Å². The van der Waals surface area contributed by atoms with Crippen LogP contribution < -0.4 is 11.1 Å². The first kappa shape index (κ1) is 19.5. The molecule has 3 N–H and O–H groups in total. The number of nitrogens with two attached hydrogens (primary N) is 1. The minimum atomic E-state index is -0.839. The third kappa shape index (κ3) is 5.87. The molecule has 20 heavy (non-hydrogen) atoms. The fourth-order valence-electron chi connectivity index (χ4n) is 2.34. The SMILES string of the molecule is CCCC(CCC)(C(=O)NC(C)CCS(C)=O)C(N)=S. The van der Waals surface area contributed by atoms with E-state index in [-0.39, 0.29) is 16.9 Å². The lowest BCUT2D eigenvalue weighted by Crippen LogP contribution is -2.51. The van der Waals surface area contributed by atoms with Gasteiger partial charge in [-0.3, -0.25) is 9.00 Å². The lowest BCUT2D eigenvalue weighted by Gasteiger charge is -2.32. The first-order valence-electron chi connectivity index (χ1n) is 7.21. The fourth-order valence-corrected chi connectivity index (χ4v) is 3.32. The largest absolute Gasteiger partial charge is 0.392 e. The molecule has 0 rings (SSSR count). The highest BCUT2D eigenvalue weighted by Gasteiger charge is 2.40. The van der Waals surface area contributed by atoms with Gasteiger partial charge in [-0.15, -0.1) is 0 Å². The van der Waals surface area contributed by atoms with Gasteiger partial charge in [0.15, 0.2) is 0 Å². The minimum Gasteiger partial charge on any atom is -0.392 e. The van der Waals surface area contributed by atoms with Crippen molar-refractivity contribution in [2.24, 2.45) is 11.1 Å². The maximum Gasteiger partial charge on any atom is 0.233 e. The molecule has 2 unspecified atom stereocenters. The molecule has 0 bridgehead atoms. The minimum absolute atomic E-state index is 0.0196. The van der Waals surface area contributed by atoms with Crippen molar-refractivity contribution in [2.45, 2.75) is 58.9 Å². The Morgan fingerprint density at radius 2 is 1.85 bits per heavy atom. The summed E-state index contributed by atoms with van der Waals surface area (Å²) in [6.07, 6.45) is 5.43. The van der Waals surface area contributed by atoms with E-state index in [4.69, 9.17) is 18.0 Å². The molecule has 0 aliphatic rings. The van der Waals surface area contributed by atoms with Gasteiger partial charge in [-0.25, -0.2) is 0 Å². The summed E-state index contributed by atoms with van der Waals surface area (Å²) in [5.41, 5.74) is 5.13. The first-order chi connectivity index (χ1) is 9.30. The number of amides is 1. The monoisotopic (exact) mass is 320 g/mol. The number of hydrogen-bond donors (Lipinski definition) is 2. The lowest BCUT2D eigenvalue weighted by atomic mass is 9.78. The summed E-state index contributed by atoms with van der Waals surface area (Å²) in [4.78, 5) is 12.9. The molecule has 4 nitrogen and oxygen atoms in total. The molecule has 0 saturated heterocycles. The topological polar surface area (TPSA) is 72.2 Å². The first-order valence-corrected chi connectivity index (χ1v) is 9.34. The lowest BCUT2D eigenvalue weighted by molar-refractivity contribution is -0.128. The van der Waals surface area contributed by atoms with Crippen LogP contribution in [0.4, 0.5) is 0 Å². The number of carbonyl (C=O) groups is 1. The molecule has 2 atom stereocenters. The molecule has 1 amide bonds. The number of hydrogen-bond acceptors (Lipinski definition) is 3. The number of rotatable bonds is 10. The highest BCUT2D eigenvalue weighted by Crippen LogP contribution is 2.31. The van der Waals surface area contributed by atoms with E-state index in [1.54, 1.807) is 6.26 Å². The van der Waals surface area contributed by atoms with E-state index in [1.165, 1.54) is 0 Å². The van der Waals surface area contributed by atoms with Gasteiger partial charge in [-0.1, -0.05) is 38.9 Å². The predicted molar refractivity (Wildman–Crippen MR) is 90.2 cm³/mol. The van der Waals surface area contributed by atoms with Crippen molar-refractivity contribution in [1.29, 1.82) is 0 Å². The van der Waals surface area contributed by atoms with Gasteiger partial charge in [0.05, 0.1) is 10.4 Å². The van der Waals surface area contributed by atoms with E-state index < -0.39 is 16.2 Å². The Morgan fingerprint density at radius 1 is 1.35 bits per heavy atom. The van der Waals surface area contributed by atoms with Gasteiger partial charge in [0.2, 0.25) is 5.91 Å². The molecular formula is C14H28N2O2S2. The van der Waals surface area contributed by atoms with E-state index in [0.717, 1.165) is 12.8 Å². The molecular weight excluding hydrogens is 292 g/mol. The Bertz CT molecular complexity index is 353. The van der Waals surface area contributed by atoms with Crippen molar-refractivity contribution in [3.8, 4) is 0 Å². The molecule has 0 saturated carbocycles. The molecule has 6 heteroatoms. The third-order valence-corrected chi connectivity index (χ3v) is 4.68. The summed E-state index contributed by atoms with van der Waals surface area (Å²) in [6, 6.07) is -0.0196. The van der Waals surface area contributed by atoms with Gasteiger partial charge in [-0.05, 0) is 26.2 Å². The summed E-state index contributed by atoms with van der Waals surface area (Å²) < 4.78 is 11.1. The van der Waals surface area contributed by atoms with Crippen LogP contribution in [0.15, 0.2) is 0 Å². The smallest absolute Gasteiger partial charge is 0.233 e. The maximum absolute atomic E-state index is 12.6. The van der Waals surface area contributed by atoms with Gasteiger partial charge in [-0.2, -0.15) is 0 Å². The van der Waals surface area contributed by atoms with Crippen LogP contribution in [0.25, 0.3) is 0 Å². The van der Waals surface area contributed by atoms with Crippen LogP contribution in [-0.2, 0) is 15.6 Å². The third-order valence-electron chi connectivity index (χ3n) is 3.48. The van der Waals surface area contributed by atoms with Gasteiger partial charge in [0, 0.05) is 28.9 Å². The predicted octanol–water partition coefficient (Wildman–Crippen LogP) is 2.13. The van der Waals surface area contributed by atoms with E-state index in [1.807, 2.05) is 20.8 Å². The quantitative estimate of drug-likeness (QED) is 0.605. The maximum atomic E-state index is 12.6. The van der Waals surface area contributed by atoms with Crippen molar-refractivity contribution in [1.82, 2.24) is 5.32 Å². The molecule has 0 aromatic carbocycles. The zero-order valence-corrected chi connectivity index (χ0v) is 14.7. The average Bonchev–Trinajstić information content (AvgIpc) is 2.35. The second-order valence-corrected chi connectivity index (χ2v) is 7.38. The molecule has 0 radical (unpaired) electrons. The number of nitrogens with one attached hydrogen (secondary N) is 1. The number of thiocarbonyl (C=S) groups is 1. The molecule has 0 spiro atoms. The second-order valence-electron chi connectivity index (χ2n) is 5.39. The van der Waals surface area contributed by atoms with Crippen molar-refractivity contribution in [2.75, 3.05) is 12.0 Å². The van der Waals surface area contributed by atoms with Crippen molar-refractivity contribution in [3.05, 3.63) is 0 Å². The Labute approximate surface area is 130 Å². The van der Waals surface area contributed by atoms with Crippen LogP contribution in [0.5, 0.6) is 0 Å². The summed E-state index contributed by atoms with van der Waals surface area (Å²) in [7, 11) is -0.839. The molecule has 0 aliphatic carbocycles. The standard InChI is InChI=1S/C14H28N2O2S2/c1-5-8-14(9-6-2,12(15)19)13(17)16-11(3)7-10-20(4)18/h11H,5-10H2,1-4H3,(H2,15,19)(H,16,17). The van der Waals surface area contributed by atoms with Crippen molar-refractivity contribution in [3.63, 3.8) is 0 Å². The van der Waals surface area contributed by atoms with E-state index in [0.29, 0.717) is 25.0 Å². The normalized spacial score (nSPS) is 14.6. The average molecular weight is 321 g/mol. The Balaban J connectivity index is 4.86. The Kier molecular flexibility index (Phi) is 9.22. The highest BCUT2D eigenvalue weighted by atomic mass is 32.2. The van der Waals surface area contributed by atoms with Crippen LogP contribution in [-0.4, -0.2) is 33.2 Å². The van der Waals surface area contributed by atoms with E-state index in [2.05, 4.69) is 5.32 Å². The van der Waals surface area contributed by atoms with Gasteiger partial charge >= 0.3 is 0 Å². The van der Waals surface area contributed by atoms with Gasteiger partial charge < -0.3 is 11.1 Å². The molecule has 0 fully saturated rings.